The Morgan fingerprint density at radius 1 is 0.343 bits per heavy atom. The summed E-state index contributed by atoms with van der Waals surface area (Å²) in [6.07, 6.45) is 0. The van der Waals surface area contributed by atoms with E-state index in [2.05, 4.69) is 226 Å². The molecule has 70 heavy (non-hydrogen) atoms. The molecule has 0 bridgehead atoms. The summed E-state index contributed by atoms with van der Waals surface area (Å²) in [7, 11) is 0. The topological polar surface area (TPSA) is 29.5 Å². The molecule has 340 valence electrons. The maximum atomic E-state index is 6.92. The second-order valence-electron chi connectivity index (χ2n) is 22.3. The first-order valence-electron chi connectivity index (χ1n) is 25.0. The third-order valence-corrected chi connectivity index (χ3v) is 17.0. The molecule has 3 nitrogen and oxygen atoms in total. The summed E-state index contributed by atoms with van der Waals surface area (Å²) in [6.45, 7) is 23.3. The van der Waals surface area contributed by atoms with Gasteiger partial charge < -0.3 is 13.7 Å². The molecular weight excluding hydrogens is 851 g/mol. The lowest BCUT2D eigenvalue weighted by Crippen LogP contribution is -2.18. The highest BCUT2D eigenvalue weighted by molar-refractivity contribution is 6.19. The van der Waals surface area contributed by atoms with Gasteiger partial charge in [-0.15, -0.1) is 0 Å². The molecule has 9 aromatic carbocycles. The Balaban J connectivity index is 0.933. The molecule has 0 aliphatic heterocycles. The van der Waals surface area contributed by atoms with Gasteiger partial charge in [0, 0.05) is 60.4 Å². The Bertz CT molecular complexity index is 4110. The lowest BCUT2D eigenvalue weighted by molar-refractivity contribution is 0.651. The minimum atomic E-state index is -0.296. The highest BCUT2D eigenvalue weighted by atomic mass is 16.3. The molecule has 0 N–H and O–H groups in total. The molecule has 3 aliphatic carbocycles. The molecule has 0 saturated heterocycles. The number of para-hydroxylation sites is 2. The molecule has 2 aromatic heterocycles. The summed E-state index contributed by atoms with van der Waals surface area (Å²) in [4.78, 5) is 2.48. The number of nitrogens with zero attached hydrogens (tertiary/aromatic N) is 1. The lowest BCUT2D eigenvalue weighted by Gasteiger charge is -2.30. The van der Waals surface area contributed by atoms with E-state index >= 15 is 0 Å². The van der Waals surface area contributed by atoms with Crippen molar-refractivity contribution in [1.29, 1.82) is 0 Å². The van der Waals surface area contributed by atoms with E-state index in [0.29, 0.717) is 0 Å². The van der Waals surface area contributed by atoms with Gasteiger partial charge in [0.05, 0.1) is 0 Å². The minimum Gasteiger partial charge on any atom is -0.456 e. The van der Waals surface area contributed by atoms with E-state index in [1.54, 1.807) is 0 Å². The van der Waals surface area contributed by atoms with Crippen molar-refractivity contribution in [3.05, 3.63) is 207 Å². The molecule has 0 spiro atoms. The number of aryl methyl sites for hydroxylation is 4. The van der Waals surface area contributed by atoms with Crippen molar-refractivity contribution < 1.29 is 8.83 Å². The van der Waals surface area contributed by atoms with E-state index in [1.165, 1.54) is 116 Å². The lowest BCUT2D eigenvalue weighted by atomic mass is 9.79. The normalized spacial score (nSPS) is 15.3. The molecule has 2 heterocycles. The van der Waals surface area contributed by atoms with Crippen LogP contribution < -0.4 is 4.90 Å². The van der Waals surface area contributed by atoms with E-state index in [0.717, 1.165) is 44.8 Å². The first kappa shape index (κ1) is 41.4. The molecule has 0 saturated carbocycles. The first-order chi connectivity index (χ1) is 33.6. The van der Waals surface area contributed by atoms with Crippen molar-refractivity contribution in [3.63, 3.8) is 0 Å². The maximum absolute atomic E-state index is 6.92. The second-order valence-corrected chi connectivity index (χ2v) is 22.3. The van der Waals surface area contributed by atoms with Crippen molar-refractivity contribution in [3.8, 4) is 44.5 Å². The highest BCUT2D eigenvalue weighted by Crippen LogP contribution is 2.60. The number of anilines is 3. The van der Waals surface area contributed by atoms with Crippen LogP contribution in [0.2, 0.25) is 0 Å². The monoisotopic (exact) mass is 905 g/mol. The van der Waals surface area contributed by atoms with Gasteiger partial charge in [-0.2, -0.15) is 0 Å². The Hall–Kier alpha value is -7.62. The number of rotatable bonds is 4. The Kier molecular flexibility index (Phi) is 8.15. The van der Waals surface area contributed by atoms with Gasteiger partial charge in [0.2, 0.25) is 0 Å². The van der Waals surface area contributed by atoms with Crippen molar-refractivity contribution in [2.45, 2.75) is 85.5 Å². The minimum absolute atomic E-state index is 0.168. The van der Waals surface area contributed by atoms with Crippen molar-refractivity contribution in [2.75, 3.05) is 4.90 Å². The molecule has 3 heteroatoms. The molecule has 3 aliphatic rings. The second kappa shape index (κ2) is 13.8. The Labute approximate surface area is 410 Å². The quantitative estimate of drug-likeness (QED) is 0.176. The van der Waals surface area contributed by atoms with Gasteiger partial charge in [0.25, 0.3) is 0 Å². The third kappa shape index (κ3) is 5.36. The molecule has 0 unspecified atom stereocenters. The number of furan rings is 2. The van der Waals surface area contributed by atoms with Crippen LogP contribution in [0.5, 0.6) is 0 Å². The summed E-state index contributed by atoms with van der Waals surface area (Å²) in [6, 6.07) is 57.2. The van der Waals surface area contributed by atoms with E-state index in [-0.39, 0.29) is 16.2 Å². The smallest absolute Gasteiger partial charge is 0.143 e. The summed E-state index contributed by atoms with van der Waals surface area (Å²) >= 11 is 0. The number of hydrogen-bond donors (Lipinski definition) is 0. The predicted molar refractivity (Wildman–Crippen MR) is 293 cm³/mol. The largest absolute Gasteiger partial charge is 0.456 e. The van der Waals surface area contributed by atoms with Crippen LogP contribution in [0.15, 0.2) is 160 Å². The van der Waals surface area contributed by atoms with E-state index in [4.69, 9.17) is 8.83 Å². The van der Waals surface area contributed by atoms with E-state index in [9.17, 15) is 0 Å². The molecule has 0 fully saturated rings. The van der Waals surface area contributed by atoms with Crippen molar-refractivity contribution >= 4 is 60.9 Å². The van der Waals surface area contributed by atoms with Gasteiger partial charge in [-0.3, -0.25) is 0 Å². The molecule has 0 atom stereocenters. The standard InChI is InChI=1S/C67H55NO2/c1-36-19-21-40(22-20-36)68(42-24-26-44-52(32-42)67(9,10)55-35-49(59-38(3)29-37(2)30-39(59)4)64-63(60(44)55)46-16-12-14-18-57(46)70-64)41-23-25-43-47-33-54-48(34-53(47)66(7,8)51(43)31-41)61-50(65(54,5)6)27-28-58-62(61)45-15-11-13-17-56(45)69-58/h11-35H,1-10H3. The predicted octanol–water partition coefficient (Wildman–Crippen LogP) is 18.8. The van der Waals surface area contributed by atoms with E-state index < -0.39 is 0 Å². The van der Waals surface area contributed by atoms with Gasteiger partial charge in [0.1, 0.15) is 22.3 Å². The first-order valence-corrected chi connectivity index (χ1v) is 25.0. The zero-order valence-corrected chi connectivity index (χ0v) is 41.7. The summed E-state index contributed by atoms with van der Waals surface area (Å²) in [5.74, 6) is 0. The zero-order chi connectivity index (χ0) is 47.9. The van der Waals surface area contributed by atoms with Gasteiger partial charge in [0.15, 0.2) is 0 Å². The van der Waals surface area contributed by atoms with Crippen LogP contribution in [0.1, 0.15) is 97.2 Å². The molecule has 11 aromatic rings. The van der Waals surface area contributed by atoms with Gasteiger partial charge in [-0.25, -0.2) is 0 Å². The van der Waals surface area contributed by atoms with Crippen LogP contribution in [0.25, 0.3) is 88.4 Å². The summed E-state index contributed by atoms with van der Waals surface area (Å²) in [5.41, 5.74) is 30.0. The summed E-state index contributed by atoms with van der Waals surface area (Å²) < 4.78 is 13.4. The highest BCUT2D eigenvalue weighted by Gasteiger charge is 2.44. The summed E-state index contributed by atoms with van der Waals surface area (Å²) in [5, 5.41) is 4.78. The average Bonchev–Trinajstić information content (AvgIpc) is 4.08. The van der Waals surface area contributed by atoms with Crippen molar-refractivity contribution in [2.24, 2.45) is 0 Å². The van der Waals surface area contributed by atoms with E-state index in [1.807, 2.05) is 0 Å². The van der Waals surface area contributed by atoms with Gasteiger partial charge in [-0.05, 0) is 184 Å². The molecule has 0 radical (unpaired) electrons. The maximum Gasteiger partial charge on any atom is 0.143 e. The zero-order valence-electron chi connectivity index (χ0n) is 41.7. The molecular formula is C67H55NO2. The average molecular weight is 906 g/mol. The fraction of sp³-hybridized carbons (Fsp3) is 0.194. The Morgan fingerprint density at radius 3 is 1.56 bits per heavy atom. The SMILES string of the molecule is Cc1ccc(N(c2ccc3c(c2)C(C)(C)c2cc4c(cc2-3)C(C)(C)c2ccc3oc5ccccc5c3c2-4)c2ccc3c(c2)C(C)(C)c2cc(-c4c(C)cc(C)cc4C)c4oc5ccccc5c4c2-3)cc1. The number of benzene rings is 9. The van der Waals surface area contributed by atoms with Crippen LogP contribution in [0, 0.1) is 27.7 Å². The van der Waals surface area contributed by atoms with Crippen molar-refractivity contribution in [1.82, 2.24) is 0 Å². The Morgan fingerprint density at radius 2 is 0.857 bits per heavy atom. The van der Waals surface area contributed by atoms with Gasteiger partial charge in [-0.1, -0.05) is 132 Å². The molecule has 14 rings (SSSR count). The third-order valence-electron chi connectivity index (χ3n) is 17.0. The van der Waals surface area contributed by atoms with Crippen LogP contribution >= 0.6 is 0 Å². The number of hydrogen-bond acceptors (Lipinski definition) is 3. The van der Waals surface area contributed by atoms with Crippen LogP contribution in [-0.2, 0) is 16.2 Å². The van der Waals surface area contributed by atoms with Crippen LogP contribution in [0.3, 0.4) is 0 Å². The number of fused-ring (bicyclic) bond motifs is 17. The van der Waals surface area contributed by atoms with Gasteiger partial charge >= 0.3 is 0 Å². The fourth-order valence-corrected chi connectivity index (χ4v) is 13.6. The fourth-order valence-electron chi connectivity index (χ4n) is 13.6. The van der Waals surface area contributed by atoms with Crippen LogP contribution in [-0.4, -0.2) is 0 Å². The van der Waals surface area contributed by atoms with Crippen LogP contribution in [0.4, 0.5) is 17.1 Å². The molecule has 0 amide bonds.